The van der Waals surface area contributed by atoms with Crippen LogP contribution in [-0.2, 0) is 33.4 Å². The number of nitrogens with two attached hydrogens (primary N) is 1. The standard InChI is InChI=1S/C13H11ClN4O8S/c1-25-13-16-9(8(19)11(20)21)18(10(17-13)12(22)26-14)6-4-2-3-5-7(6)27(15,23)24/h2-5,9H,1H3,(H,20,21)(H2,15,23,24). The third-order valence-electron chi connectivity index (χ3n) is 3.22. The number of rotatable bonds is 5. The number of carbonyl (C=O) groups excluding carboxylic acids is 2. The van der Waals surface area contributed by atoms with Crippen molar-refractivity contribution in [1.82, 2.24) is 0 Å². The molecule has 12 nitrogen and oxygen atoms in total. The molecule has 14 heteroatoms. The monoisotopic (exact) mass is 418 g/mol. The van der Waals surface area contributed by atoms with E-state index in [2.05, 4.69) is 14.3 Å². The average Bonchev–Trinajstić information content (AvgIpc) is 2.64. The van der Waals surface area contributed by atoms with Gasteiger partial charge in [-0.3, -0.25) is 9.69 Å². The Morgan fingerprint density at radius 3 is 2.44 bits per heavy atom. The molecule has 2 rings (SSSR count). The zero-order chi connectivity index (χ0) is 20.4. The number of aliphatic imine (C=N–C) groups is 2. The predicted molar refractivity (Wildman–Crippen MR) is 90.5 cm³/mol. The number of carboxylic acid groups (broad SMARTS) is 1. The zero-order valence-electron chi connectivity index (χ0n) is 13.4. The maximum absolute atomic E-state index is 12.1. The minimum Gasteiger partial charge on any atom is -0.475 e. The molecule has 1 aliphatic rings. The van der Waals surface area contributed by atoms with Gasteiger partial charge in [-0.1, -0.05) is 12.1 Å². The highest BCUT2D eigenvalue weighted by atomic mass is 35.5. The Morgan fingerprint density at radius 1 is 1.30 bits per heavy atom. The number of methoxy groups -OCH3 is 1. The van der Waals surface area contributed by atoms with Crippen LogP contribution in [0.4, 0.5) is 5.69 Å². The molecule has 0 bridgehead atoms. The van der Waals surface area contributed by atoms with Gasteiger partial charge in [0.1, 0.15) is 16.8 Å². The number of para-hydroxylation sites is 1. The zero-order valence-corrected chi connectivity index (χ0v) is 15.0. The average molecular weight is 419 g/mol. The van der Waals surface area contributed by atoms with Gasteiger partial charge in [-0.05, 0) is 12.1 Å². The molecule has 1 unspecified atom stereocenters. The van der Waals surface area contributed by atoms with Crippen LogP contribution in [0.2, 0.25) is 0 Å². The molecule has 144 valence electrons. The van der Waals surface area contributed by atoms with Crippen molar-refractivity contribution in [2.75, 3.05) is 12.0 Å². The van der Waals surface area contributed by atoms with Crippen molar-refractivity contribution in [3.8, 4) is 0 Å². The number of aliphatic carboxylic acids is 1. The first-order valence-electron chi connectivity index (χ1n) is 6.83. The predicted octanol–water partition coefficient (Wildman–Crippen LogP) is -0.768. The molecule has 0 aliphatic carbocycles. The lowest BCUT2D eigenvalue weighted by Gasteiger charge is -2.32. The number of hydrogen-bond donors (Lipinski definition) is 2. The molecule has 0 amide bonds. The van der Waals surface area contributed by atoms with E-state index in [-0.39, 0.29) is 5.69 Å². The molecular weight excluding hydrogens is 408 g/mol. The Kier molecular flexibility index (Phi) is 5.78. The number of amidine groups is 2. The summed E-state index contributed by atoms with van der Waals surface area (Å²) >= 11 is 5.07. The summed E-state index contributed by atoms with van der Waals surface area (Å²) in [5.41, 5.74) is -0.348. The van der Waals surface area contributed by atoms with Crippen LogP contribution < -0.4 is 10.0 Å². The van der Waals surface area contributed by atoms with Crippen molar-refractivity contribution in [2.45, 2.75) is 11.1 Å². The number of carboxylic acids is 1. The molecule has 0 aromatic heterocycles. The summed E-state index contributed by atoms with van der Waals surface area (Å²) in [4.78, 5) is 42.8. The molecule has 0 saturated heterocycles. The van der Waals surface area contributed by atoms with Crippen LogP contribution >= 0.6 is 11.9 Å². The Hall–Kier alpha value is -3.03. The lowest BCUT2D eigenvalue weighted by molar-refractivity contribution is -0.149. The van der Waals surface area contributed by atoms with Crippen molar-refractivity contribution < 1.29 is 36.9 Å². The summed E-state index contributed by atoms with van der Waals surface area (Å²) in [6.07, 6.45) is -1.94. The van der Waals surface area contributed by atoms with Gasteiger partial charge in [-0.25, -0.2) is 23.1 Å². The van der Waals surface area contributed by atoms with E-state index in [1.54, 1.807) is 0 Å². The molecule has 0 fully saturated rings. The van der Waals surface area contributed by atoms with Crippen LogP contribution in [0.15, 0.2) is 39.1 Å². The van der Waals surface area contributed by atoms with Gasteiger partial charge in [0.15, 0.2) is 0 Å². The van der Waals surface area contributed by atoms with E-state index in [0.29, 0.717) is 4.90 Å². The van der Waals surface area contributed by atoms with Crippen molar-refractivity contribution in [1.29, 1.82) is 0 Å². The Bertz CT molecular complexity index is 974. The van der Waals surface area contributed by atoms with Crippen LogP contribution in [0.25, 0.3) is 0 Å². The molecule has 0 spiro atoms. The van der Waals surface area contributed by atoms with Crippen molar-refractivity contribution in [3.05, 3.63) is 24.3 Å². The van der Waals surface area contributed by atoms with Gasteiger partial charge in [0.05, 0.1) is 12.8 Å². The van der Waals surface area contributed by atoms with Crippen molar-refractivity contribution >= 4 is 57.2 Å². The summed E-state index contributed by atoms with van der Waals surface area (Å²) in [6.45, 7) is 0. The third-order valence-corrected chi connectivity index (χ3v) is 4.32. The number of benzene rings is 1. The van der Waals surface area contributed by atoms with Crippen LogP contribution in [-0.4, -0.2) is 56.4 Å². The van der Waals surface area contributed by atoms with Crippen LogP contribution in [0, 0.1) is 0 Å². The maximum Gasteiger partial charge on any atom is 0.392 e. The van der Waals surface area contributed by atoms with Gasteiger partial charge in [-0.2, -0.15) is 9.98 Å². The second-order valence-corrected chi connectivity index (χ2v) is 6.53. The topological polar surface area (TPSA) is 178 Å². The van der Waals surface area contributed by atoms with E-state index in [0.717, 1.165) is 19.2 Å². The number of ether oxygens (including phenoxy) is 1. The highest BCUT2D eigenvalue weighted by Crippen LogP contribution is 2.29. The second kappa shape index (κ2) is 7.69. The van der Waals surface area contributed by atoms with Gasteiger partial charge < -0.3 is 14.1 Å². The Labute approximate surface area is 157 Å². The molecule has 27 heavy (non-hydrogen) atoms. The number of nitrogens with zero attached hydrogens (tertiary/aromatic N) is 3. The number of ketones is 1. The number of hydrogen-bond acceptors (Lipinski definition) is 10. The molecule has 0 saturated carbocycles. The minimum absolute atomic E-state index is 0.348. The number of Topliss-reactive ketones (excluding diaryl/α,β-unsaturated/α-hetero) is 1. The Balaban J connectivity index is 2.80. The largest absolute Gasteiger partial charge is 0.475 e. The fourth-order valence-corrected chi connectivity index (χ4v) is 2.95. The SMILES string of the molecule is COC1=NC(C(=O)C(=O)O)N(c2ccccc2S(N)(=O)=O)C(C(=O)OCl)=N1. The quantitative estimate of drug-likeness (QED) is 0.580. The fraction of sp³-hybridized carbons (Fsp3) is 0.154. The highest BCUT2D eigenvalue weighted by Gasteiger charge is 2.42. The third kappa shape index (κ3) is 4.05. The minimum atomic E-state index is -4.35. The maximum atomic E-state index is 12.1. The highest BCUT2D eigenvalue weighted by molar-refractivity contribution is 7.89. The van der Waals surface area contributed by atoms with Crippen LogP contribution in [0.1, 0.15) is 0 Å². The normalized spacial score (nSPS) is 16.9. The first-order chi connectivity index (χ1) is 12.6. The van der Waals surface area contributed by atoms with Gasteiger partial charge in [0, 0.05) is 0 Å². The second-order valence-electron chi connectivity index (χ2n) is 4.84. The molecule has 0 radical (unpaired) electrons. The number of halogens is 1. The van der Waals surface area contributed by atoms with Gasteiger partial charge in [-0.15, -0.1) is 0 Å². The molecule has 1 atom stereocenters. The van der Waals surface area contributed by atoms with Crippen LogP contribution in [0.3, 0.4) is 0 Å². The van der Waals surface area contributed by atoms with E-state index >= 15 is 0 Å². The molecule has 1 aliphatic heterocycles. The number of anilines is 1. The van der Waals surface area contributed by atoms with Gasteiger partial charge >= 0.3 is 18.0 Å². The van der Waals surface area contributed by atoms with E-state index in [1.807, 2.05) is 0 Å². The fourth-order valence-electron chi connectivity index (χ4n) is 2.16. The number of sulfonamides is 1. The van der Waals surface area contributed by atoms with Crippen molar-refractivity contribution in [2.24, 2.45) is 15.1 Å². The summed E-state index contributed by atoms with van der Waals surface area (Å²) in [5.74, 6) is -5.48. The van der Waals surface area contributed by atoms with Gasteiger partial charge in [0.2, 0.25) is 22.0 Å². The van der Waals surface area contributed by atoms with Crippen molar-refractivity contribution in [3.63, 3.8) is 0 Å². The molecule has 3 N–H and O–H groups in total. The smallest absolute Gasteiger partial charge is 0.392 e. The molecule has 1 aromatic carbocycles. The summed E-state index contributed by atoms with van der Waals surface area (Å²) in [7, 11) is -3.25. The molecule has 1 aromatic rings. The lowest BCUT2D eigenvalue weighted by atomic mass is 10.2. The lowest BCUT2D eigenvalue weighted by Crippen LogP contribution is -2.52. The van der Waals surface area contributed by atoms with E-state index < -0.39 is 50.7 Å². The van der Waals surface area contributed by atoms with Crippen LogP contribution in [0.5, 0.6) is 0 Å². The van der Waals surface area contributed by atoms with E-state index in [4.69, 9.17) is 26.8 Å². The number of primary sulfonamides is 1. The Morgan fingerprint density at radius 2 is 1.93 bits per heavy atom. The van der Waals surface area contributed by atoms with Gasteiger partial charge in [0.25, 0.3) is 5.78 Å². The first-order valence-corrected chi connectivity index (χ1v) is 8.69. The number of carbonyl (C=O) groups is 3. The van der Waals surface area contributed by atoms with E-state index in [9.17, 15) is 22.8 Å². The summed E-state index contributed by atoms with van der Waals surface area (Å²) < 4.78 is 32.6. The molecule has 1 heterocycles. The summed E-state index contributed by atoms with van der Waals surface area (Å²) in [5, 5.41) is 14.2. The van der Waals surface area contributed by atoms with E-state index in [1.165, 1.54) is 12.1 Å². The summed E-state index contributed by atoms with van der Waals surface area (Å²) in [6, 6.07) is 4.38. The molecular formula is C13H11ClN4O8S. The first kappa shape index (κ1) is 20.3.